The molecule has 1 amide bonds. The molecule has 3 heterocycles. The highest BCUT2D eigenvalue weighted by molar-refractivity contribution is 5.82. The minimum atomic E-state index is -0.00144. The summed E-state index contributed by atoms with van der Waals surface area (Å²) in [6.07, 6.45) is 4.57. The fourth-order valence-electron chi connectivity index (χ4n) is 3.19. The summed E-state index contributed by atoms with van der Waals surface area (Å²) >= 11 is 0. The second kappa shape index (κ2) is 7.53. The molecule has 0 unspecified atom stereocenters. The van der Waals surface area contributed by atoms with Crippen molar-refractivity contribution in [3.63, 3.8) is 0 Å². The number of anilines is 1. The predicted octanol–water partition coefficient (Wildman–Crippen LogP) is 1.54. The minimum absolute atomic E-state index is 0.00144. The normalized spacial score (nSPS) is 14.0. The molecule has 0 bridgehead atoms. The highest BCUT2D eigenvalue weighted by Gasteiger charge is 2.35. The van der Waals surface area contributed by atoms with Crippen molar-refractivity contribution < 1.29 is 4.79 Å². The monoisotopic (exact) mass is 363 g/mol. The average molecular weight is 363 g/mol. The SMILES string of the molecule is CCN(Cc1ccccc1)C(=O)C1CN(c2cc(-n3cncn3)ncn2)C1. The van der Waals surface area contributed by atoms with Gasteiger partial charge in [0.2, 0.25) is 5.91 Å². The van der Waals surface area contributed by atoms with Crippen molar-refractivity contribution >= 4 is 11.7 Å². The van der Waals surface area contributed by atoms with E-state index in [0.29, 0.717) is 32.0 Å². The zero-order chi connectivity index (χ0) is 18.6. The van der Waals surface area contributed by atoms with Crippen molar-refractivity contribution in [1.29, 1.82) is 0 Å². The van der Waals surface area contributed by atoms with Gasteiger partial charge < -0.3 is 9.80 Å². The summed E-state index contributed by atoms with van der Waals surface area (Å²) in [4.78, 5) is 29.3. The van der Waals surface area contributed by atoms with Crippen LogP contribution in [0.3, 0.4) is 0 Å². The van der Waals surface area contributed by atoms with Crippen LogP contribution in [0.5, 0.6) is 0 Å². The number of aromatic nitrogens is 5. The van der Waals surface area contributed by atoms with Gasteiger partial charge in [0, 0.05) is 32.2 Å². The Morgan fingerprint density at radius 3 is 2.63 bits per heavy atom. The van der Waals surface area contributed by atoms with Crippen LogP contribution in [0.25, 0.3) is 5.82 Å². The van der Waals surface area contributed by atoms with Gasteiger partial charge in [0.05, 0.1) is 5.92 Å². The quantitative estimate of drug-likeness (QED) is 0.661. The molecular formula is C19H21N7O. The Bertz CT molecular complexity index is 891. The number of hydrogen-bond acceptors (Lipinski definition) is 6. The number of nitrogens with zero attached hydrogens (tertiary/aromatic N) is 7. The van der Waals surface area contributed by atoms with E-state index in [1.165, 1.54) is 12.7 Å². The van der Waals surface area contributed by atoms with Crippen LogP contribution in [0, 0.1) is 5.92 Å². The first-order chi connectivity index (χ1) is 13.2. The minimum Gasteiger partial charge on any atom is -0.355 e. The first-order valence-corrected chi connectivity index (χ1v) is 8.99. The van der Waals surface area contributed by atoms with Crippen LogP contribution in [-0.4, -0.2) is 55.2 Å². The van der Waals surface area contributed by atoms with Crippen molar-refractivity contribution in [1.82, 2.24) is 29.6 Å². The second-order valence-electron chi connectivity index (χ2n) is 6.51. The number of carbonyl (C=O) groups excluding carboxylic acids is 1. The van der Waals surface area contributed by atoms with Crippen LogP contribution in [0.4, 0.5) is 5.82 Å². The fourth-order valence-corrected chi connectivity index (χ4v) is 3.19. The number of rotatable bonds is 6. The van der Waals surface area contributed by atoms with E-state index in [9.17, 15) is 4.79 Å². The molecule has 0 spiro atoms. The summed E-state index contributed by atoms with van der Waals surface area (Å²) in [5.41, 5.74) is 1.15. The zero-order valence-electron chi connectivity index (χ0n) is 15.1. The van der Waals surface area contributed by atoms with Crippen molar-refractivity contribution in [3.8, 4) is 5.82 Å². The Morgan fingerprint density at radius 1 is 1.15 bits per heavy atom. The molecule has 0 saturated carbocycles. The standard InChI is InChI=1S/C19H21N7O/c1-2-24(9-15-6-4-3-5-7-15)19(27)16-10-25(11-16)17-8-18(22-13-21-17)26-14-20-12-23-26/h3-8,12-14,16H,2,9-11H2,1H3. The van der Waals surface area contributed by atoms with Crippen LogP contribution >= 0.6 is 0 Å². The summed E-state index contributed by atoms with van der Waals surface area (Å²) in [5.74, 6) is 1.65. The van der Waals surface area contributed by atoms with Gasteiger partial charge in [-0.05, 0) is 12.5 Å². The van der Waals surface area contributed by atoms with E-state index < -0.39 is 0 Å². The van der Waals surface area contributed by atoms with Crippen molar-refractivity contribution in [3.05, 3.63) is 60.9 Å². The van der Waals surface area contributed by atoms with Gasteiger partial charge in [0.15, 0.2) is 5.82 Å². The van der Waals surface area contributed by atoms with Gasteiger partial charge in [-0.3, -0.25) is 4.79 Å². The molecule has 0 N–H and O–H groups in total. The van der Waals surface area contributed by atoms with E-state index >= 15 is 0 Å². The van der Waals surface area contributed by atoms with Crippen LogP contribution in [0.1, 0.15) is 12.5 Å². The Labute approximate surface area is 157 Å². The Kier molecular flexibility index (Phi) is 4.78. The second-order valence-corrected chi connectivity index (χ2v) is 6.51. The average Bonchev–Trinajstić information content (AvgIpc) is 3.21. The molecule has 1 fully saturated rings. The van der Waals surface area contributed by atoms with E-state index in [0.717, 1.165) is 11.4 Å². The van der Waals surface area contributed by atoms with Gasteiger partial charge in [-0.2, -0.15) is 5.10 Å². The van der Waals surface area contributed by atoms with E-state index in [4.69, 9.17) is 0 Å². The highest BCUT2D eigenvalue weighted by atomic mass is 16.2. The molecule has 3 aromatic rings. The number of hydrogen-bond donors (Lipinski definition) is 0. The maximum Gasteiger partial charge on any atom is 0.229 e. The molecule has 1 aromatic carbocycles. The molecule has 0 radical (unpaired) electrons. The first kappa shape index (κ1) is 17.1. The van der Waals surface area contributed by atoms with E-state index in [-0.39, 0.29) is 11.8 Å². The Hall–Kier alpha value is -3.29. The van der Waals surface area contributed by atoms with Crippen LogP contribution in [0.2, 0.25) is 0 Å². The number of benzene rings is 1. The lowest BCUT2D eigenvalue weighted by Crippen LogP contribution is -2.54. The molecule has 1 aliphatic rings. The van der Waals surface area contributed by atoms with Gasteiger partial charge >= 0.3 is 0 Å². The molecule has 0 atom stereocenters. The van der Waals surface area contributed by atoms with Crippen LogP contribution in [0.15, 0.2) is 55.4 Å². The topological polar surface area (TPSA) is 80.0 Å². The smallest absolute Gasteiger partial charge is 0.229 e. The predicted molar refractivity (Wildman–Crippen MR) is 100 cm³/mol. The third kappa shape index (κ3) is 3.64. The molecule has 27 heavy (non-hydrogen) atoms. The maximum atomic E-state index is 12.8. The molecule has 4 rings (SSSR count). The zero-order valence-corrected chi connectivity index (χ0v) is 15.1. The van der Waals surface area contributed by atoms with E-state index in [1.54, 1.807) is 11.0 Å². The lowest BCUT2D eigenvalue weighted by molar-refractivity contribution is -0.136. The van der Waals surface area contributed by atoms with Gasteiger partial charge in [0.25, 0.3) is 0 Å². The molecule has 8 nitrogen and oxygen atoms in total. The van der Waals surface area contributed by atoms with E-state index in [2.05, 4.69) is 37.1 Å². The third-order valence-electron chi connectivity index (χ3n) is 4.76. The van der Waals surface area contributed by atoms with Gasteiger partial charge in [-0.1, -0.05) is 30.3 Å². The van der Waals surface area contributed by atoms with Crippen molar-refractivity contribution in [2.75, 3.05) is 24.5 Å². The number of amides is 1. The fraction of sp³-hybridized carbons (Fsp3) is 0.316. The van der Waals surface area contributed by atoms with Crippen LogP contribution in [-0.2, 0) is 11.3 Å². The Morgan fingerprint density at radius 2 is 1.93 bits per heavy atom. The largest absolute Gasteiger partial charge is 0.355 e. The van der Waals surface area contributed by atoms with Crippen molar-refractivity contribution in [2.24, 2.45) is 5.92 Å². The van der Waals surface area contributed by atoms with Gasteiger partial charge in [-0.15, -0.1) is 0 Å². The third-order valence-corrected chi connectivity index (χ3v) is 4.76. The molecular weight excluding hydrogens is 342 g/mol. The van der Waals surface area contributed by atoms with Gasteiger partial charge in [-0.25, -0.2) is 19.6 Å². The van der Waals surface area contributed by atoms with E-state index in [1.807, 2.05) is 36.1 Å². The molecule has 138 valence electrons. The Balaban J connectivity index is 1.38. The van der Waals surface area contributed by atoms with Crippen LogP contribution < -0.4 is 4.90 Å². The lowest BCUT2D eigenvalue weighted by Gasteiger charge is -2.41. The van der Waals surface area contributed by atoms with Crippen molar-refractivity contribution in [2.45, 2.75) is 13.5 Å². The van der Waals surface area contributed by atoms with Gasteiger partial charge in [0.1, 0.15) is 24.8 Å². The lowest BCUT2D eigenvalue weighted by atomic mass is 9.98. The summed E-state index contributed by atoms with van der Waals surface area (Å²) in [6, 6.07) is 11.9. The molecule has 8 heteroatoms. The molecule has 1 aliphatic heterocycles. The molecule has 1 saturated heterocycles. The summed E-state index contributed by atoms with van der Waals surface area (Å²) in [6.45, 7) is 4.70. The summed E-state index contributed by atoms with van der Waals surface area (Å²) in [5, 5.41) is 4.08. The highest BCUT2D eigenvalue weighted by Crippen LogP contribution is 2.25. The maximum absolute atomic E-state index is 12.8. The summed E-state index contributed by atoms with van der Waals surface area (Å²) < 4.78 is 1.59. The molecule has 0 aliphatic carbocycles. The first-order valence-electron chi connectivity index (χ1n) is 8.99. The summed E-state index contributed by atoms with van der Waals surface area (Å²) in [7, 11) is 0. The molecule has 2 aromatic heterocycles. The number of carbonyl (C=O) groups is 1.